The van der Waals surface area contributed by atoms with Gasteiger partial charge < -0.3 is 34.2 Å². The lowest BCUT2D eigenvalue weighted by Crippen LogP contribution is -2.58. The Morgan fingerprint density at radius 1 is 0.587 bits per heavy atom. The summed E-state index contributed by atoms with van der Waals surface area (Å²) in [7, 11) is 0. The van der Waals surface area contributed by atoms with Gasteiger partial charge in [0.1, 0.15) is 30.3 Å². The molecule has 8 nitrogen and oxygen atoms in total. The zero-order chi connectivity index (χ0) is 43.3. The average Bonchev–Trinajstić information content (AvgIpc) is 3.96. The summed E-state index contributed by atoms with van der Waals surface area (Å²) in [5.41, 5.74) is 5.74. The van der Waals surface area contributed by atoms with E-state index in [1.807, 2.05) is 31.7 Å². The van der Waals surface area contributed by atoms with Gasteiger partial charge in [-0.25, -0.2) is 4.79 Å². The second-order valence-electron chi connectivity index (χ2n) is 21.0. The fourth-order valence-corrected chi connectivity index (χ4v) is 11.8. The standard InChI is InChI=1S/C30H40N2O3.C25H32N2O/c1-29(2,3)35-28(33)32-21-30(22-32)16-13-25(19-30)31-17-14-24(15-18-31)26-11-7-8-12-27(26)34-20-23-9-5-4-6-10-23;1-2-6-20(7-3-1)17-28-24-9-5-4-8-23(24)21-11-14-27(15-12-21)22-10-13-25(16-22)18-26-19-25/h4-12,24-25H,13-22H2,1-3H3;1-9,21-22,26H,10-19H2/t25-;22-/m11/s1. The van der Waals surface area contributed by atoms with Crippen LogP contribution >= 0.6 is 0 Å². The molecule has 4 heterocycles. The highest BCUT2D eigenvalue weighted by Crippen LogP contribution is 2.49. The van der Waals surface area contributed by atoms with Crippen LogP contribution in [0.15, 0.2) is 109 Å². The third-order valence-electron chi connectivity index (χ3n) is 15.3. The SMILES string of the molecule is CC(C)(C)OC(=O)N1CC2(CC[C@@H](N3CCC(c4ccccc4OCc4ccccc4)CC3)C2)C1.c1ccc(COc2ccccc2C2CCN([C@@H]3CCC4(CNC4)C3)CC2)cc1. The van der Waals surface area contributed by atoms with Gasteiger partial charge in [-0.1, -0.05) is 97.1 Å². The van der Waals surface area contributed by atoms with Crippen LogP contribution in [0.3, 0.4) is 0 Å². The Morgan fingerprint density at radius 3 is 1.44 bits per heavy atom. The van der Waals surface area contributed by atoms with Crippen molar-refractivity contribution in [1.82, 2.24) is 20.0 Å². The highest BCUT2D eigenvalue weighted by atomic mass is 16.6. The molecule has 2 saturated carbocycles. The zero-order valence-electron chi connectivity index (χ0n) is 38.3. The number of hydrogen-bond acceptors (Lipinski definition) is 7. The number of nitrogens with zero attached hydrogens (tertiary/aromatic N) is 3. The topological polar surface area (TPSA) is 66.5 Å². The van der Waals surface area contributed by atoms with Crippen LogP contribution in [0.25, 0.3) is 0 Å². The maximum atomic E-state index is 12.4. The quantitative estimate of drug-likeness (QED) is 0.170. The van der Waals surface area contributed by atoms with Gasteiger partial charge in [0, 0.05) is 43.7 Å². The van der Waals surface area contributed by atoms with Gasteiger partial charge in [0.05, 0.1) is 0 Å². The van der Waals surface area contributed by atoms with Crippen molar-refractivity contribution in [2.45, 2.75) is 128 Å². The number of benzene rings is 4. The Bertz CT molecular complexity index is 2080. The Labute approximate surface area is 377 Å². The maximum absolute atomic E-state index is 12.4. The third-order valence-corrected chi connectivity index (χ3v) is 15.3. The van der Waals surface area contributed by atoms with E-state index < -0.39 is 5.60 Å². The van der Waals surface area contributed by atoms with Gasteiger partial charge in [-0.05, 0) is 163 Å². The molecule has 1 amide bonds. The Morgan fingerprint density at radius 2 is 1.02 bits per heavy atom. The Balaban J connectivity index is 0.000000164. The highest BCUT2D eigenvalue weighted by Gasteiger charge is 2.52. The summed E-state index contributed by atoms with van der Waals surface area (Å²) in [4.78, 5) is 19.8. The van der Waals surface area contributed by atoms with Crippen LogP contribution in [0.5, 0.6) is 11.5 Å². The number of carbonyl (C=O) groups excluding carboxylic acids is 1. The number of rotatable bonds is 10. The molecule has 0 aromatic heterocycles. The van der Waals surface area contributed by atoms with Crippen molar-refractivity contribution < 1.29 is 19.0 Å². The molecule has 4 aromatic rings. The highest BCUT2D eigenvalue weighted by molar-refractivity contribution is 5.69. The van der Waals surface area contributed by atoms with E-state index in [0.717, 1.165) is 43.7 Å². The summed E-state index contributed by atoms with van der Waals surface area (Å²) < 4.78 is 18.0. The molecule has 0 bridgehead atoms. The maximum Gasteiger partial charge on any atom is 0.410 e. The van der Waals surface area contributed by atoms with E-state index in [9.17, 15) is 4.79 Å². The Hall–Kier alpha value is -4.37. The molecule has 336 valence electrons. The minimum atomic E-state index is -0.423. The van der Waals surface area contributed by atoms with E-state index in [-0.39, 0.29) is 6.09 Å². The van der Waals surface area contributed by atoms with Crippen LogP contribution in [0.2, 0.25) is 0 Å². The van der Waals surface area contributed by atoms with E-state index in [4.69, 9.17) is 14.2 Å². The molecule has 2 aliphatic carbocycles. The van der Waals surface area contributed by atoms with Gasteiger partial charge in [-0.2, -0.15) is 0 Å². The number of amides is 1. The summed E-state index contributed by atoms with van der Waals surface area (Å²) in [6.07, 6.45) is 12.7. The van der Waals surface area contributed by atoms with Gasteiger partial charge in [-0.15, -0.1) is 0 Å². The van der Waals surface area contributed by atoms with Gasteiger partial charge >= 0.3 is 6.09 Å². The molecular weight excluding hydrogens is 781 g/mol. The molecule has 6 fully saturated rings. The van der Waals surface area contributed by atoms with Crippen LogP contribution in [0, 0.1) is 10.8 Å². The second kappa shape index (κ2) is 19.4. The fourth-order valence-electron chi connectivity index (χ4n) is 11.8. The van der Waals surface area contributed by atoms with Crippen molar-refractivity contribution in [1.29, 1.82) is 0 Å². The minimum Gasteiger partial charge on any atom is -0.489 e. The lowest BCUT2D eigenvalue weighted by atomic mass is 9.78. The van der Waals surface area contributed by atoms with Crippen molar-refractivity contribution in [3.8, 4) is 11.5 Å². The number of ether oxygens (including phenoxy) is 3. The molecule has 0 unspecified atom stereocenters. The number of piperidine rings is 2. The molecule has 4 saturated heterocycles. The smallest absolute Gasteiger partial charge is 0.410 e. The van der Waals surface area contributed by atoms with Gasteiger partial charge in [-0.3, -0.25) is 0 Å². The monoisotopic (exact) mass is 853 g/mol. The van der Waals surface area contributed by atoms with Crippen molar-refractivity contribution in [3.05, 3.63) is 131 Å². The molecule has 1 N–H and O–H groups in total. The van der Waals surface area contributed by atoms with E-state index >= 15 is 0 Å². The molecule has 63 heavy (non-hydrogen) atoms. The minimum absolute atomic E-state index is 0.152. The molecule has 8 heteroatoms. The number of likely N-dealkylation sites (tertiary alicyclic amines) is 3. The van der Waals surface area contributed by atoms with Gasteiger partial charge in [0.2, 0.25) is 0 Å². The normalized spacial score (nSPS) is 23.7. The Kier molecular flexibility index (Phi) is 13.5. The van der Waals surface area contributed by atoms with E-state index in [0.29, 0.717) is 41.9 Å². The molecule has 4 aromatic carbocycles. The lowest BCUT2D eigenvalue weighted by Gasteiger charge is -2.48. The largest absolute Gasteiger partial charge is 0.489 e. The summed E-state index contributed by atoms with van der Waals surface area (Å²) >= 11 is 0. The van der Waals surface area contributed by atoms with Crippen molar-refractivity contribution >= 4 is 6.09 Å². The molecule has 0 radical (unpaired) electrons. The van der Waals surface area contributed by atoms with Crippen molar-refractivity contribution in [2.75, 3.05) is 52.4 Å². The van der Waals surface area contributed by atoms with Gasteiger partial charge in [0.15, 0.2) is 0 Å². The van der Waals surface area contributed by atoms with Crippen molar-refractivity contribution in [2.24, 2.45) is 10.8 Å². The number of nitrogens with one attached hydrogen (secondary N) is 1. The first kappa shape index (κ1) is 43.9. The van der Waals surface area contributed by atoms with Crippen LogP contribution in [0.4, 0.5) is 4.79 Å². The summed E-state index contributed by atoms with van der Waals surface area (Å²) in [5.74, 6) is 3.29. The molecule has 4 aliphatic heterocycles. The molecule has 6 aliphatic rings. The predicted molar refractivity (Wildman–Crippen MR) is 252 cm³/mol. The van der Waals surface area contributed by atoms with Crippen LogP contribution in [-0.4, -0.2) is 90.8 Å². The predicted octanol–water partition coefficient (Wildman–Crippen LogP) is 10.8. The molecule has 10 rings (SSSR count). The second-order valence-corrected chi connectivity index (χ2v) is 21.0. The molecular formula is C55H72N4O4. The van der Waals surface area contributed by atoms with Crippen LogP contribution < -0.4 is 14.8 Å². The van der Waals surface area contributed by atoms with Crippen molar-refractivity contribution in [3.63, 3.8) is 0 Å². The third kappa shape index (κ3) is 10.8. The fraction of sp³-hybridized carbons (Fsp3) is 0.545. The first-order chi connectivity index (χ1) is 30.6. The number of para-hydroxylation sites is 2. The number of carbonyl (C=O) groups is 1. The van der Waals surface area contributed by atoms with Crippen LogP contribution in [-0.2, 0) is 18.0 Å². The van der Waals surface area contributed by atoms with E-state index in [2.05, 4.69) is 118 Å². The summed E-state index contributed by atoms with van der Waals surface area (Å²) in [6.45, 7) is 16.1. The lowest BCUT2D eigenvalue weighted by molar-refractivity contribution is -0.0347. The molecule has 2 atom stereocenters. The molecule has 2 spiro atoms. The zero-order valence-corrected chi connectivity index (χ0v) is 38.3. The summed E-state index contributed by atoms with van der Waals surface area (Å²) in [5, 5.41) is 3.49. The van der Waals surface area contributed by atoms with E-state index in [1.165, 1.54) is 113 Å². The average molecular weight is 853 g/mol. The summed E-state index contributed by atoms with van der Waals surface area (Å²) in [6, 6.07) is 39.6. The van der Waals surface area contributed by atoms with E-state index in [1.54, 1.807) is 0 Å². The first-order valence-corrected chi connectivity index (χ1v) is 24.3. The van der Waals surface area contributed by atoms with Gasteiger partial charge in [0.25, 0.3) is 0 Å². The number of hydrogen-bond donors (Lipinski definition) is 1. The first-order valence-electron chi connectivity index (χ1n) is 24.3. The van der Waals surface area contributed by atoms with Crippen LogP contribution in [0.1, 0.15) is 119 Å².